The third-order valence-corrected chi connectivity index (χ3v) is 4.58. The molecule has 0 aliphatic heterocycles. The first-order valence-electron chi connectivity index (χ1n) is 6.07. The number of nitrogens with one attached hydrogen (secondary N) is 1. The van der Waals surface area contributed by atoms with Crippen LogP contribution in [-0.2, 0) is 9.84 Å². The zero-order valence-corrected chi connectivity index (χ0v) is 12.6. The van der Waals surface area contributed by atoms with Crippen LogP contribution in [0.4, 0.5) is 4.39 Å². The molecule has 3 rings (SSSR count). The maximum absolute atomic E-state index is 13.2. The van der Waals surface area contributed by atoms with E-state index in [1.807, 2.05) is 0 Å². The zero-order valence-electron chi connectivity index (χ0n) is 11.0. The molecular formula is C14H11FN2O2S2. The fourth-order valence-electron chi connectivity index (χ4n) is 2.18. The molecule has 1 N–H and O–H groups in total. The van der Waals surface area contributed by atoms with Crippen molar-refractivity contribution in [1.29, 1.82) is 0 Å². The van der Waals surface area contributed by atoms with Crippen LogP contribution < -0.4 is 0 Å². The molecule has 0 saturated carbocycles. The normalized spacial score (nSPS) is 11.9. The highest BCUT2D eigenvalue weighted by Gasteiger charge is 2.10. The fraction of sp³-hybridized carbons (Fsp3) is 0.0714. The van der Waals surface area contributed by atoms with Crippen molar-refractivity contribution in [1.82, 2.24) is 9.55 Å². The molecule has 0 bridgehead atoms. The number of halogens is 1. The summed E-state index contributed by atoms with van der Waals surface area (Å²) in [5.74, 6) is -0.349. The van der Waals surface area contributed by atoms with E-state index in [2.05, 4.69) is 4.98 Å². The van der Waals surface area contributed by atoms with Crippen LogP contribution in [0.5, 0.6) is 0 Å². The van der Waals surface area contributed by atoms with Crippen molar-refractivity contribution in [3.05, 3.63) is 53.1 Å². The molecule has 4 nitrogen and oxygen atoms in total. The number of aromatic amines is 1. The second kappa shape index (κ2) is 4.78. The van der Waals surface area contributed by atoms with Gasteiger partial charge in [-0.2, -0.15) is 0 Å². The predicted octanol–water partition coefficient (Wildman–Crippen LogP) is 3.23. The Morgan fingerprint density at radius 2 is 1.81 bits per heavy atom. The molecule has 0 radical (unpaired) electrons. The lowest BCUT2D eigenvalue weighted by molar-refractivity contribution is 0.602. The van der Waals surface area contributed by atoms with Crippen molar-refractivity contribution in [2.24, 2.45) is 0 Å². The van der Waals surface area contributed by atoms with Crippen LogP contribution in [0.15, 0.2) is 47.4 Å². The predicted molar refractivity (Wildman–Crippen MR) is 81.5 cm³/mol. The van der Waals surface area contributed by atoms with Crippen LogP contribution in [0.1, 0.15) is 0 Å². The summed E-state index contributed by atoms with van der Waals surface area (Å²) in [6.07, 6.45) is 1.15. The van der Waals surface area contributed by atoms with Crippen molar-refractivity contribution in [3.8, 4) is 5.69 Å². The number of H-pyrrole nitrogens is 1. The Morgan fingerprint density at radius 1 is 1.14 bits per heavy atom. The molecule has 0 aliphatic carbocycles. The Morgan fingerprint density at radius 3 is 2.43 bits per heavy atom. The molecule has 0 amide bonds. The van der Waals surface area contributed by atoms with Gasteiger partial charge in [0.25, 0.3) is 0 Å². The standard InChI is InChI=1S/C14H11FN2O2S2/c1-21(18,19)11-5-3-10(4-6-11)17-13-7-2-9(15)8-12(13)16-14(17)20/h2-8H,1H3,(H,16,20). The largest absolute Gasteiger partial charge is 0.330 e. The van der Waals surface area contributed by atoms with Crippen LogP contribution >= 0.6 is 12.2 Å². The lowest BCUT2D eigenvalue weighted by Crippen LogP contribution is -1.99. The van der Waals surface area contributed by atoms with E-state index in [0.29, 0.717) is 16.0 Å². The number of aromatic nitrogens is 2. The molecular weight excluding hydrogens is 311 g/mol. The first-order chi connectivity index (χ1) is 9.86. The number of benzene rings is 2. The maximum Gasteiger partial charge on any atom is 0.182 e. The summed E-state index contributed by atoms with van der Waals surface area (Å²) in [7, 11) is -3.24. The number of nitrogens with zero attached hydrogens (tertiary/aromatic N) is 1. The van der Waals surface area contributed by atoms with Crippen LogP contribution in [0.25, 0.3) is 16.7 Å². The van der Waals surface area contributed by atoms with E-state index in [-0.39, 0.29) is 10.7 Å². The van der Waals surface area contributed by atoms with Gasteiger partial charge in [0, 0.05) is 11.9 Å². The molecule has 0 unspecified atom stereocenters. The van der Waals surface area contributed by atoms with Gasteiger partial charge >= 0.3 is 0 Å². The highest BCUT2D eigenvalue weighted by Crippen LogP contribution is 2.21. The van der Waals surface area contributed by atoms with E-state index in [1.54, 1.807) is 22.8 Å². The first-order valence-corrected chi connectivity index (χ1v) is 8.37. The Kier molecular flexibility index (Phi) is 3.18. The van der Waals surface area contributed by atoms with Crippen LogP contribution in [0.2, 0.25) is 0 Å². The minimum absolute atomic E-state index is 0.239. The minimum Gasteiger partial charge on any atom is -0.330 e. The van der Waals surface area contributed by atoms with Gasteiger partial charge in [-0.25, -0.2) is 12.8 Å². The minimum atomic E-state index is -3.24. The number of hydrogen-bond donors (Lipinski definition) is 1. The van der Waals surface area contributed by atoms with E-state index in [1.165, 1.54) is 24.3 Å². The van der Waals surface area contributed by atoms with Gasteiger partial charge in [-0.15, -0.1) is 0 Å². The summed E-state index contributed by atoms with van der Waals surface area (Å²) < 4.78 is 38.3. The molecule has 1 aromatic heterocycles. The quantitative estimate of drug-likeness (QED) is 0.737. The van der Waals surface area contributed by atoms with Gasteiger partial charge in [0.05, 0.1) is 15.9 Å². The molecule has 1 heterocycles. The van der Waals surface area contributed by atoms with Crippen molar-refractivity contribution in [2.75, 3.05) is 6.26 Å². The fourth-order valence-corrected chi connectivity index (χ4v) is 3.13. The smallest absolute Gasteiger partial charge is 0.182 e. The van der Waals surface area contributed by atoms with Gasteiger partial charge in [0.1, 0.15) is 5.82 Å². The van der Waals surface area contributed by atoms with Crippen molar-refractivity contribution in [3.63, 3.8) is 0 Å². The molecule has 108 valence electrons. The lowest BCUT2D eigenvalue weighted by Gasteiger charge is -2.05. The van der Waals surface area contributed by atoms with Crippen molar-refractivity contribution in [2.45, 2.75) is 4.90 Å². The van der Waals surface area contributed by atoms with Gasteiger partial charge in [-0.3, -0.25) is 4.57 Å². The third kappa shape index (κ3) is 2.50. The maximum atomic E-state index is 13.2. The Labute approximate surface area is 125 Å². The Hall–Kier alpha value is -1.99. The van der Waals surface area contributed by atoms with E-state index in [4.69, 9.17) is 12.2 Å². The lowest BCUT2D eigenvalue weighted by atomic mass is 10.2. The molecule has 0 spiro atoms. The van der Waals surface area contributed by atoms with Gasteiger partial charge in [0.15, 0.2) is 14.6 Å². The van der Waals surface area contributed by atoms with E-state index < -0.39 is 9.84 Å². The Balaban J connectivity index is 2.21. The summed E-state index contributed by atoms with van der Waals surface area (Å²) in [5.41, 5.74) is 2.03. The number of fused-ring (bicyclic) bond motifs is 1. The summed E-state index contributed by atoms with van der Waals surface area (Å²) in [6.45, 7) is 0. The summed E-state index contributed by atoms with van der Waals surface area (Å²) in [6, 6.07) is 10.7. The highest BCUT2D eigenvalue weighted by atomic mass is 32.2. The van der Waals surface area contributed by atoms with E-state index in [0.717, 1.165) is 11.8 Å². The van der Waals surface area contributed by atoms with Gasteiger partial charge in [0.2, 0.25) is 0 Å². The summed E-state index contributed by atoms with van der Waals surface area (Å²) >= 11 is 5.25. The molecule has 0 fully saturated rings. The third-order valence-electron chi connectivity index (χ3n) is 3.17. The Bertz CT molecular complexity index is 986. The average Bonchev–Trinajstić information content (AvgIpc) is 2.73. The second-order valence-corrected chi connectivity index (χ2v) is 7.10. The van der Waals surface area contributed by atoms with Crippen LogP contribution in [-0.4, -0.2) is 24.2 Å². The van der Waals surface area contributed by atoms with E-state index in [9.17, 15) is 12.8 Å². The average molecular weight is 322 g/mol. The van der Waals surface area contributed by atoms with E-state index >= 15 is 0 Å². The van der Waals surface area contributed by atoms with Gasteiger partial charge in [-0.05, 0) is 54.7 Å². The first kappa shape index (κ1) is 14.0. The van der Waals surface area contributed by atoms with Gasteiger partial charge in [-0.1, -0.05) is 0 Å². The van der Waals surface area contributed by atoms with Crippen LogP contribution in [0, 0.1) is 10.6 Å². The molecule has 3 aromatic rings. The number of imidazole rings is 1. The van der Waals surface area contributed by atoms with Crippen molar-refractivity contribution < 1.29 is 12.8 Å². The molecule has 7 heteroatoms. The second-order valence-electron chi connectivity index (χ2n) is 4.69. The molecule has 0 atom stereocenters. The zero-order chi connectivity index (χ0) is 15.2. The topological polar surface area (TPSA) is 54.9 Å². The molecule has 21 heavy (non-hydrogen) atoms. The highest BCUT2D eigenvalue weighted by molar-refractivity contribution is 7.90. The SMILES string of the molecule is CS(=O)(=O)c1ccc(-n2c(=S)[nH]c3cc(F)ccc32)cc1. The monoisotopic (exact) mass is 322 g/mol. The van der Waals surface area contributed by atoms with Gasteiger partial charge < -0.3 is 4.98 Å². The number of sulfone groups is 1. The molecule has 2 aromatic carbocycles. The molecule has 0 saturated heterocycles. The van der Waals surface area contributed by atoms with Crippen LogP contribution in [0.3, 0.4) is 0 Å². The summed E-state index contributed by atoms with van der Waals surface area (Å²) in [5, 5.41) is 0. The molecule has 0 aliphatic rings. The summed E-state index contributed by atoms with van der Waals surface area (Å²) in [4.78, 5) is 3.17. The number of rotatable bonds is 2. The van der Waals surface area contributed by atoms with Crippen molar-refractivity contribution >= 4 is 33.1 Å². The number of hydrogen-bond acceptors (Lipinski definition) is 3.